The van der Waals surface area contributed by atoms with Gasteiger partial charge in [-0.2, -0.15) is 0 Å². The first-order chi connectivity index (χ1) is 5.25. The first-order valence-electron chi connectivity index (χ1n) is 3.80. The predicted molar refractivity (Wildman–Crippen MR) is 41.0 cm³/mol. The average Bonchev–Trinajstić information content (AvgIpc) is 2.40. The van der Waals surface area contributed by atoms with Crippen molar-refractivity contribution in [1.82, 2.24) is 5.32 Å². The van der Waals surface area contributed by atoms with Gasteiger partial charge in [-0.3, -0.25) is 4.79 Å². The second-order valence-electron chi connectivity index (χ2n) is 2.79. The van der Waals surface area contributed by atoms with Crippen LogP contribution in [0.4, 0.5) is 0 Å². The van der Waals surface area contributed by atoms with Gasteiger partial charge in [-0.25, -0.2) is 0 Å². The van der Waals surface area contributed by atoms with Crippen molar-refractivity contribution in [3.63, 3.8) is 0 Å². The van der Waals surface area contributed by atoms with E-state index in [9.17, 15) is 4.79 Å². The van der Waals surface area contributed by atoms with E-state index in [-0.39, 0.29) is 17.9 Å². The molecule has 2 atom stereocenters. The van der Waals surface area contributed by atoms with Crippen molar-refractivity contribution in [1.29, 1.82) is 0 Å². The third-order valence-electron chi connectivity index (χ3n) is 2.05. The normalized spacial score (nSPS) is 26.8. The van der Waals surface area contributed by atoms with Crippen molar-refractivity contribution < 1.29 is 9.53 Å². The van der Waals surface area contributed by atoms with Gasteiger partial charge in [-0.15, -0.1) is 0 Å². The van der Waals surface area contributed by atoms with Gasteiger partial charge in [-0.05, 0) is 13.5 Å². The lowest BCUT2D eigenvalue weighted by molar-refractivity contribution is -0.121. The Kier molecular flexibility index (Phi) is 2.84. The molecule has 2 unspecified atom stereocenters. The molecule has 3 N–H and O–H groups in total. The first kappa shape index (κ1) is 8.49. The first-order valence-corrected chi connectivity index (χ1v) is 3.80. The van der Waals surface area contributed by atoms with Crippen LogP contribution in [0.25, 0.3) is 0 Å². The number of carbonyl (C=O) groups excluding carboxylic acids is 1. The molecule has 0 aliphatic carbocycles. The van der Waals surface area contributed by atoms with E-state index in [0.717, 1.165) is 13.0 Å². The highest BCUT2D eigenvalue weighted by atomic mass is 16.5. The molecule has 0 aromatic carbocycles. The Balaban J connectivity index is 2.46. The Morgan fingerprint density at radius 2 is 2.55 bits per heavy atom. The van der Waals surface area contributed by atoms with Gasteiger partial charge in [-0.1, -0.05) is 0 Å². The molecule has 4 heteroatoms. The fourth-order valence-electron chi connectivity index (χ4n) is 1.43. The van der Waals surface area contributed by atoms with Crippen molar-refractivity contribution in [2.75, 3.05) is 20.3 Å². The van der Waals surface area contributed by atoms with Crippen LogP contribution in [0.15, 0.2) is 0 Å². The smallest absolute Gasteiger partial charge is 0.234 e. The lowest BCUT2D eigenvalue weighted by atomic mass is 9.99. The molecule has 0 bridgehead atoms. The van der Waals surface area contributed by atoms with Gasteiger partial charge in [0.2, 0.25) is 5.91 Å². The van der Waals surface area contributed by atoms with Gasteiger partial charge in [0.05, 0.1) is 12.6 Å². The molecule has 0 radical (unpaired) electrons. The van der Waals surface area contributed by atoms with Gasteiger partial charge < -0.3 is 15.8 Å². The third kappa shape index (κ3) is 1.91. The number of primary amides is 1. The van der Waals surface area contributed by atoms with Gasteiger partial charge in [0.25, 0.3) is 0 Å². The van der Waals surface area contributed by atoms with Gasteiger partial charge in [0.15, 0.2) is 0 Å². The highest BCUT2D eigenvalue weighted by Crippen LogP contribution is 2.15. The number of likely N-dealkylation sites (N-methyl/N-ethyl adjacent to an activating group) is 1. The second-order valence-corrected chi connectivity index (χ2v) is 2.79. The number of nitrogens with two attached hydrogens (primary N) is 1. The van der Waals surface area contributed by atoms with E-state index in [2.05, 4.69) is 5.32 Å². The van der Waals surface area contributed by atoms with Crippen LogP contribution in [0.3, 0.4) is 0 Å². The van der Waals surface area contributed by atoms with Crippen molar-refractivity contribution in [3.8, 4) is 0 Å². The lowest BCUT2D eigenvalue weighted by Gasteiger charge is -2.17. The Bertz CT molecular complexity index is 143. The van der Waals surface area contributed by atoms with E-state index in [1.54, 1.807) is 7.05 Å². The van der Waals surface area contributed by atoms with Crippen LogP contribution in [0.1, 0.15) is 6.42 Å². The molecular formula is C7H14N2O2. The Hall–Kier alpha value is -0.610. The van der Waals surface area contributed by atoms with Crippen LogP contribution in [-0.4, -0.2) is 32.2 Å². The highest BCUT2D eigenvalue weighted by Gasteiger charge is 2.28. The number of hydrogen-bond acceptors (Lipinski definition) is 3. The quantitative estimate of drug-likeness (QED) is 0.559. The molecule has 1 amide bonds. The molecule has 0 aromatic heterocycles. The van der Waals surface area contributed by atoms with E-state index in [4.69, 9.17) is 10.5 Å². The predicted octanol–water partition coefficient (Wildman–Crippen LogP) is -0.904. The maximum Gasteiger partial charge on any atom is 0.234 e. The van der Waals surface area contributed by atoms with E-state index in [1.165, 1.54) is 0 Å². The number of rotatable bonds is 3. The van der Waals surface area contributed by atoms with Crippen LogP contribution >= 0.6 is 0 Å². The largest absolute Gasteiger partial charge is 0.381 e. The number of nitrogens with one attached hydrogen (secondary N) is 1. The van der Waals surface area contributed by atoms with E-state index < -0.39 is 0 Å². The lowest BCUT2D eigenvalue weighted by Crippen LogP contribution is -2.45. The summed E-state index contributed by atoms with van der Waals surface area (Å²) >= 11 is 0. The van der Waals surface area contributed by atoms with Crippen molar-refractivity contribution >= 4 is 5.91 Å². The monoisotopic (exact) mass is 158 g/mol. The minimum atomic E-state index is -0.289. The fourth-order valence-corrected chi connectivity index (χ4v) is 1.43. The van der Waals surface area contributed by atoms with Crippen molar-refractivity contribution in [3.05, 3.63) is 0 Å². The van der Waals surface area contributed by atoms with Gasteiger partial charge >= 0.3 is 0 Å². The van der Waals surface area contributed by atoms with Crippen molar-refractivity contribution in [2.45, 2.75) is 12.5 Å². The van der Waals surface area contributed by atoms with Crippen LogP contribution in [-0.2, 0) is 9.53 Å². The van der Waals surface area contributed by atoms with Crippen molar-refractivity contribution in [2.24, 2.45) is 11.7 Å². The Morgan fingerprint density at radius 3 is 2.91 bits per heavy atom. The number of carbonyl (C=O) groups is 1. The summed E-state index contributed by atoms with van der Waals surface area (Å²) < 4.78 is 5.14. The molecule has 1 aliphatic heterocycles. The summed E-state index contributed by atoms with van der Waals surface area (Å²) in [6.45, 7) is 1.39. The summed E-state index contributed by atoms with van der Waals surface area (Å²) in [6.07, 6.45) is 0.925. The molecule has 1 aliphatic rings. The minimum absolute atomic E-state index is 0.225. The molecule has 1 rings (SSSR count). The molecule has 0 saturated carbocycles. The molecule has 64 valence electrons. The summed E-state index contributed by atoms with van der Waals surface area (Å²) in [5.41, 5.74) is 5.17. The molecule has 0 spiro atoms. The van der Waals surface area contributed by atoms with Gasteiger partial charge in [0, 0.05) is 12.5 Å². The standard InChI is InChI=1S/C7H14N2O2/c1-9-6(7(8)10)5-2-3-11-4-5/h5-6,9H,2-4H2,1H3,(H2,8,10). The molecule has 4 nitrogen and oxygen atoms in total. The van der Waals surface area contributed by atoms with Crippen LogP contribution in [0.5, 0.6) is 0 Å². The summed E-state index contributed by atoms with van der Waals surface area (Å²) in [5.74, 6) is -0.0273. The summed E-state index contributed by atoms with van der Waals surface area (Å²) in [7, 11) is 1.74. The highest BCUT2D eigenvalue weighted by molar-refractivity contribution is 5.80. The third-order valence-corrected chi connectivity index (χ3v) is 2.05. The van der Waals surface area contributed by atoms with Crippen LogP contribution in [0.2, 0.25) is 0 Å². The zero-order valence-corrected chi connectivity index (χ0v) is 6.67. The van der Waals surface area contributed by atoms with Gasteiger partial charge in [0.1, 0.15) is 0 Å². The topological polar surface area (TPSA) is 64.3 Å². The number of hydrogen-bond donors (Lipinski definition) is 2. The SMILES string of the molecule is CNC(C(N)=O)C1CCOC1. The summed E-state index contributed by atoms with van der Waals surface area (Å²) in [4.78, 5) is 10.8. The molecule has 0 aromatic rings. The summed E-state index contributed by atoms with van der Waals surface area (Å²) in [6, 6.07) is -0.225. The molecule has 1 saturated heterocycles. The number of amides is 1. The maximum atomic E-state index is 10.8. The zero-order chi connectivity index (χ0) is 8.27. The molecular weight excluding hydrogens is 144 g/mol. The van der Waals surface area contributed by atoms with E-state index in [1.807, 2.05) is 0 Å². The van der Waals surface area contributed by atoms with Crippen LogP contribution < -0.4 is 11.1 Å². The number of ether oxygens (including phenoxy) is 1. The van der Waals surface area contributed by atoms with E-state index >= 15 is 0 Å². The van der Waals surface area contributed by atoms with E-state index in [0.29, 0.717) is 6.61 Å². The zero-order valence-electron chi connectivity index (χ0n) is 6.67. The Morgan fingerprint density at radius 1 is 1.82 bits per heavy atom. The Labute approximate surface area is 66.1 Å². The molecule has 11 heavy (non-hydrogen) atoms. The second kappa shape index (κ2) is 3.69. The summed E-state index contributed by atoms with van der Waals surface area (Å²) in [5, 5.41) is 2.89. The fraction of sp³-hybridized carbons (Fsp3) is 0.857. The molecule has 1 fully saturated rings. The average molecular weight is 158 g/mol. The minimum Gasteiger partial charge on any atom is -0.381 e. The molecule has 1 heterocycles. The maximum absolute atomic E-state index is 10.8. The van der Waals surface area contributed by atoms with Crippen LogP contribution in [0, 0.1) is 5.92 Å².